The maximum absolute atomic E-state index is 5.06. The van der Waals surface area contributed by atoms with E-state index >= 15 is 0 Å². The zero-order valence-corrected chi connectivity index (χ0v) is 5.15. The van der Waals surface area contributed by atoms with E-state index < -0.39 is 0 Å². The predicted octanol–water partition coefficient (Wildman–Crippen LogP) is 1.26. The van der Waals surface area contributed by atoms with Crippen LogP contribution < -0.4 is 0 Å². The van der Waals surface area contributed by atoms with Crippen molar-refractivity contribution in [2.75, 3.05) is 6.61 Å². The molecule has 1 rings (SSSR count). The summed E-state index contributed by atoms with van der Waals surface area (Å²) in [5.41, 5.74) is 0. The summed E-state index contributed by atoms with van der Waals surface area (Å²) in [5, 5.41) is 6.90. The maximum atomic E-state index is 5.06. The van der Waals surface area contributed by atoms with E-state index in [1.165, 1.54) is 6.26 Å². The van der Waals surface area contributed by atoms with Gasteiger partial charge in [-0.25, -0.2) is 0 Å². The molecule has 1 unspecified atom stereocenters. The third-order valence-electron chi connectivity index (χ3n) is 0.850. The maximum Gasteiger partial charge on any atom is 0.194 e. The molecule has 4 nitrogen and oxygen atoms in total. The Labute approximate surface area is 53.1 Å². The third kappa shape index (κ3) is 1.81. The summed E-state index contributed by atoms with van der Waals surface area (Å²) in [7, 11) is 0. The average Bonchev–Trinajstić information content (AvgIpc) is 1.91. The van der Waals surface area contributed by atoms with Crippen LogP contribution in [0.2, 0.25) is 0 Å². The second-order valence-electron chi connectivity index (χ2n) is 1.48. The SMILES string of the molecule is CCOC1C=CON=N1. The second-order valence-corrected chi connectivity index (χ2v) is 1.48. The van der Waals surface area contributed by atoms with Gasteiger partial charge in [0.2, 0.25) is 0 Å². The largest absolute Gasteiger partial charge is 0.351 e. The van der Waals surface area contributed by atoms with Gasteiger partial charge in [-0.2, -0.15) is 0 Å². The fourth-order valence-corrected chi connectivity index (χ4v) is 0.501. The molecule has 0 amide bonds. The van der Waals surface area contributed by atoms with E-state index in [9.17, 15) is 0 Å². The van der Waals surface area contributed by atoms with Crippen molar-refractivity contribution < 1.29 is 9.57 Å². The Morgan fingerprint density at radius 2 is 2.67 bits per heavy atom. The Morgan fingerprint density at radius 3 is 3.22 bits per heavy atom. The van der Waals surface area contributed by atoms with E-state index in [1.54, 1.807) is 6.08 Å². The van der Waals surface area contributed by atoms with Crippen LogP contribution >= 0.6 is 0 Å². The molecule has 1 heterocycles. The number of hydrogen-bond acceptors (Lipinski definition) is 4. The van der Waals surface area contributed by atoms with Gasteiger partial charge < -0.3 is 9.57 Å². The first-order valence-corrected chi connectivity index (χ1v) is 2.77. The monoisotopic (exact) mass is 128 g/mol. The summed E-state index contributed by atoms with van der Waals surface area (Å²) >= 11 is 0. The fourth-order valence-electron chi connectivity index (χ4n) is 0.501. The molecule has 9 heavy (non-hydrogen) atoms. The van der Waals surface area contributed by atoms with Gasteiger partial charge in [0.25, 0.3) is 0 Å². The average molecular weight is 128 g/mol. The normalized spacial score (nSPS) is 23.9. The molecule has 1 atom stereocenters. The molecule has 0 spiro atoms. The van der Waals surface area contributed by atoms with Crippen LogP contribution in [0.25, 0.3) is 0 Å². The van der Waals surface area contributed by atoms with Crippen molar-refractivity contribution in [3.8, 4) is 0 Å². The number of ether oxygens (including phenoxy) is 1. The molecular weight excluding hydrogens is 120 g/mol. The number of nitrogens with zero attached hydrogens (tertiary/aromatic N) is 2. The van der Waals surface area contributed by atoms with Crippen LogP contribution in [0.1, 0.15) is 6.92 Å². The Morgan fingerprint density at radius 1 is 1.78 bits per heavy atom. The first-order chi connectivity index (χ1) is 4.43. The second kappa shape index (κ2) is 3.19. The molecule has 0 N–H and O–H groups in total. The molecule has 4 heteroatoms. The number of hydrogen-bond donors (Lipinski definition) is 0. The summed E-state index contributed by atoms with van der Waals surface area (Å²) in [4.78, 5) is 4.44. The summed E-state index contributed by atoms with van der Waals surface area (Å²) in [6.07, 6.45) is 2.90. The zero-order valence-electron chi connectivity index (χ0n) is 5.15. The Kier molecular flexibility index (Phi) is 2.21. The highest BCUT2D eigenvalue weighted by molar-refractivity contribution is 4.82. The van der Waals surface area contributed by atoms with Gasteiger partial charge in [-0.05, 0) is 6.92 Å². The Hall–Kier alpha value is -0.900. The van der Waals surface area contributed by atoms with Crippen molar-refractivity contribution in [2.24, 2.45) is 10.4 Å². The molecule has 1 aliphatic rings. The lowest BCUT2D eigenvalue weighted by molar-refractivity contribution is 0.0687. The molecule has 0 saturated heterocycles. The minimum Gasteiger partial charge on any atom is -0.351 e. The predicted molar refractivity (Wildman–Crippen MR) is 30.5 cm³/mol. The van der Waals surface area contributed by atoms with Crippen molar-refractivity contribution in [3.05, 3.63) is 12.3 Å². The Bertz CT molecular complexity index is 121. The molecule has 0 radical (unpaired) electrons. The van der Waals surface area contributed by atoms with Crippen molar-refractivity contribution >= 4 is 0 Å². The first-order valence-electron chi connectivity index (χ1n) is 2.77. The molecule has 0 aromatic carbocycles. The molecule has 0 aliphatic carbocycles. The molecule has 50 valence electrons. The van der Waals surface area contributed by atoms with Crippen LogP contribution in [0.4, 0.5) is 0 Å². The number of rotatable bonds is 2. The molecular formula is C5H8N2O2. The lowest BCUT2D eigenvalue weighted by atomic mass is 10.5. The fraction of sp³-hybridized carbons (Fsp3) is 0.600. The van der Waals surface area contributed by atoms with Gasteiger partial charge >= 0.3 is 0 Å². The van der Waals surface area contributed by atoms with Crippen molar-refractivity contribution in [1.82, 2.24) is 0 Å². The highest BCUT2D eigenvalue weighted by atomic mass is 16.6. The van der Waals surface area contributed by atoms with E-state index in [0.717, 1.165) is 0 Å². The molecule has 0 bridgehead atoms. The standard InChI is InChI=1S/C5H8N2O2/c1-2-8-5-3-4-9-7-6-5/h3-5H,2H2,1H3. The molecule has 0 aromatic rings. The van der Waals surface area contributed by atoms with E-state index in [0.29, 0.717) is 6.61 Å². The lowest BCUT2D eigenvalue weighted by Gasteiger charge is -2.06. The highest BCUT2D eigenvalue weighted by Gasteiger charge is 2.02. The lowest BCUT2D eigenvalue weighted by Crippen LogP contribution is -2.07. The minimum atomic E-state index is -0.247. The van der Waals surface area contributed by atoms with Crippen molar-refractivity contribution in [2.45, 2.75) is 13.2 Å². The minimum absolute atomic E-state index is 0.247. The summed E-state index contributed by atoms with van der Waals surface area (Å²) < 4.78 is 5.06. The van der Waals surface area contributed by atoms with Gasteiger partial charge in [0.05, 0.1) is 0 Å². The third-order valence-corrected chi connectivity index (χ3v) is 0.850. The van der Waals surface area contributed by atoms with Gasteiger partial charge in [0, 0.05) is 18.0 Å². The summed E-state index contributed by atoms with van der Waals surface area (Å²) in [5.74, 6) is 0. The molecule has 1 aliphatic heterocycles. The molecule has 0 fully saturated rings. The topological polar surface area (TPSA) is 43.2 Å². The summed E-state index contributed by atoms with van der Waals surface area (Å²) in [6.45, 7) is 2.53. The summed E-state index contributed by atoms with van der Waals surface area (Å²) in [6, 6.07) is 0. The van der Waals surface area contributed by atoms with Crippen LogP contribution in [0.5, 0.6) is 0 Å². The van der Waals surface area contributed by atoms with Crippen LogP contribution in [0, 0.1) is 0 Å². The first kappa shape index (κ1) is 6.22. The zero-order chi connectivity index (χ0) is 6.53. The van der Waals surface area contributed by atoms with Gasteiger partial charge in [-0.3, -0.25) is 0 Å². The molecule has 0 aromatic heterocycles. The van der Waals surface area contributed by atoms with Gasteiger partial charge in [-0.1, -0.05) is 0 Å². The molecule has 0 saturated carbocycles. The van der Waals surface area contributed by atoms with Gasteiger partial charge in [-0.15, -0.1) is 5.11 Å². The quantitative estimate of drug-likeness (QED) is 0.561. The van der Waals surface area contributed by atoms with E-state index in [2.05, 4.69) is 15.2 Å². The van der Waals surface area contributed by atoms with Crippen molar-refractivity contribution in [3.63, 3.8) is 0 Å². The van der Waals surface area contributed by atoms with E-state index in [1.807, 2.05) is 6.92 Å². The van der Waals surface area contributed by atoms with Crippen molar-refractivity contribution in [1.29, 1.82) is 0 Å². The van der Waals surface area contributed by atoms with Crippen LogP contribution in [0.15, 0.2) is 22.7 Å². The van der Waals surface area contributed by atoms with Gasteiger partial charge in [0.15, 0.2) is 6.23 Å². The Balaban J connectivity index is 2.31. The van der Waals surface area contributed by atoms with Crippen LogP contribution in [-0.4, -0.2) is 12.8 Å². The van der Waals surface area contributed by atoms with Crippen LogP contribution in [0.3, 0.4) is 0 Å². The van der Waals surface area contributed by atoms with Crippen LogP contribution in [-0.2, 0) is 9.57 Å². The smallest absolute Gasteiger partial charge is 0.194 e. The van der Waals surface area contributed by atoms with Gasteiger partial charge in [0.1, 0.15) is 6.26 Å². The van der Waals surface area contributed by atoms with E-state index in [-0.39, 0.29) is 6.23 Å². The highest BCUT2D eigenvalue weighted by Crippen LogP contribution is 2.02. The van der Waals surface area contributed by atoms with E-state index in [4.69, 9.17) is 4.74 Å².